The Morgan fingerprint density at radius 2 is 1.91 bits per heavy atom. The van der Waals surface area contributed by atoms with Crippen LogP contribution >= 0.6 is 0 Å². The van der Waals surface area contributed by atoms with Crippen LogP contribution in [0.25, 0.3) is 5.69 Å². The molecule has 2 aliphatic rings. The molecule has 3 aromatic rings. The van der Waals surface area contributed by atoms with Gasteiger partial charge >= 0.3 is 12.1 Å². The second kappa shape index (κ2) is 9.21. The Hall–Kier alpha value is -3.81. The molecule has 1 amide bonds. The first kappa shape index (κ1) is 23.4. The quantitative estimate of drug-likeness (QED) is 0.487. The van der Waals surface area contributed by atoms with Crippen molar-refractivity contribution in [3.63, 3.8) is 0 Å². The highest BCUT2D eigenvalue weighted by Gasteiger charge is 2.38. The molecule has 0 saturated carbocycles. The van der Waals surface area contributed by atoms with Gasteiger partial charge in [-0.25, -0.2) is 13.9 Å². The maximum atomic E-state index is 13.6. The summed E-state index contributed by atoms with van der Waals surface area (Å²) in [5.41, 5.74) is 2.88. The molecule has 0 radical (unpaired) electrons. The van der Waals surface area contributed by atoms with Crippen LogP contribution in [0.2, 0.25) is 0 Å². The molecule has 3 N–H and O–H groups in total. The summed E-state index contributed by atoms with van der Waals surface area (Å²) < 4.78 is 47.0. The minimum absolute atomic E-state index is 0.229. The molecule has 0 bridgehead atoms. The third-order valence-corrected chi connectivity index (χ3v) is 5.28. The predicted octanol–water partition coefficient (Wildman–Crippen LogP) is 2.12. The third kappa shape index (κ3) is 4.90. The lowest BCUT2D eigenvalue weighted by Gasteiger charge is -2.25. The van der Waals surface area contributed by atoms with E-state index in [-0.39, 0.29) is 17.8 Å². The Balaban J connectivity index is 0.000000344. The van der Waals surface area contributed by atoms with Gasteiger partial charge in [0.15, 0.2) is 11.5 Å². The summed E-state index contributed by atoms with van der Waals surface area (Å²) in [4.78, 5) is 23.3. The number of carboxylic acids is 1. The largest absolute Gasteiger partial charge is 0.490 e. The van der Waals surface area contributed by atoms with Crippen molar-refractivity contribution in [2.24, 2.45) is 0 Å². The van der Waals surface area contributed by atoms with E-state index in [2.05, 4.69) is 25.9 Å². The van der Waals surface area contributed by atoms with Crippen LogP contribution in [0.5, 0.6) is 0 Å². The molecule has 180 valence electrons. The molecule has 2 aromatic heterocycles. The van der Waals surface area contributed by atoms with Crippen molar-refractivity contribution in [3.8, 4) is 5.69 Å². The van der Waals surface area contributed by atoms with Gasteiger partial charge in [-0.1, -0.05) is 6.07 Å². The fourth-order valence-corrected chi connectivity index (χ4v) is 3.56. The monoisotopic (exact) mass is 481 g/mol. The van der Waals surface area contributed by atoms with Crippen LogP contribution in [0.1, 0.15) is 34.2 Å². The van der Waals surface area contributed by atoms with Gasteiger partial charge in [0.2, 0.25) is 0 Å². The van der Waals surface area contributed by atoms with Crippen molar-refractivity contribution in [1.29, 1.82) is 0 Å². The Morgan fingerprint density at radius 1 is 1.18 bits per heavy atom. The summed E-state index contributed by atoms with van der Waals surface area (Å²) in [6.45, 7) is 1.65. The van der Waals surface area contributed by atoms with Crippen molar-refractivity contribution in [2.45, 2.75) is 31.5 Å². The van der Waals surface area contributed by atoms with Gasteiger partial charge in [-0.2, -0.15) is 28.2 Å². The van der Waals surface area contributed by atoms with E-state index in [4.69, 9.17) is 9.90 Å². The average molecular weight is 481 g/mol. The maximum absolute atomic E-state index is 13.6. The standard InChI is InChI=1S/C18H18FN7O.C2HF3O2/c19-11-3-1-4-12(7-11)25-15-6-2-5-14(15)17(24-25)18(27)22-16-10-21-26(23-16)13-8-20-9-13;3-2(4,5)1(6)7/h1,3-4,7,10,13,20H,2,5-6,8-9H2,(H,22,23,27);(H,6,7). The molecule has 34 heavy (non-hydrogen) atoms. The Morgan fingerprint density at radius 3 is 2.53 bits per heavy atom. The van der Waals surface area contributed by atoms with Crippen LogP contribution in [0.3, 0.4) is 0 Å². The van der Waals surface area contributed by atoms with Gasteiger partial charge in [0.25, 0.3) is 5.91 Å². The molecule has 0 unspecified atom stereocenters. The van der Waals surface area contributed by atoms with Crippen LogP contribution in [0.4, 0.5) is 23.4 Å². The lowest BCUT2D eigenvalue weighted by Crippen LogP contribution is -2.44. The van der Waals surface area contributed by atoms with Crippen molar-refractivity contribution in [3.05, 3.63) is 53.2 Å². The van der Waals surface area contributed by atoms with Crippen molar-refractivity contribution in [1.82, 2.24) is 30.1 Å². The zero-order valence-electron chi connectivity index (χ0n) is 17.5. The lowest BCUT2D eigenvalue weighted by atomic mass is 10.2. The minimum Gasteiger partial charge on any atom is -0.475 e. The van der Waals surface area contributed by atoms with Gasteiger partial charge < -0.3 is 15.7 Å². The molecule has 1 aliphatic carbocycles. The molecule has 3 heterocycles. The number of aliphatic carboxylic acids is 1. The number of rotatable bonds is 4. The Labute approximate surface area is 189 Å². The number of halogens is 4. The topological polar surface area (TPSA) is 127 Å². The summed E-state index contributed by atoms with van der Waals surface area (Å²) in [6.07, 6.45) is -0.988. The average Bonchev–Trinajstić information content (AvgIpc) is 3.43. The fraction of sp³-hybridized carbons (Fsp3) is 0.350. The van der Waals surface area contributed by atoms with E-state index in [9.17, 15) is 22.4 Å². The number of hydrogen-bond acceptors (Lipinski definition) is 6. The van der Waals surface area contributed by atoms with Crippen LogP contribution in [0.15, 0.2) is 30.5 Å². The molecular weight excluding hydrogens is 462 g/mol. The number of anilines is 1. The number of carbonyl (C=O) groups excluding carboxylic acids is 1. The van der Waals surface area contributed by atoms with Gasteiger partial charge in [0.05, 0.1) is 17.9 Å². The first-order valence-electron chi connectivity index (χ1n) is 10.2. The van der Waals surface area contributed by atoms with E-state index in [1.165, 1.54) is 12.1 Å². The Bertz CT molecular complexity index is 1220. The highest BCUT2D eigenvalue weighted by molar-refractivity contribution is 6.03. The number of benzene rings is 1. The number of amides is 1. The molecular formula is C20H19F4N7O3. The first-order valence-corrected chi connectivity index (χ1v) is 10.2. The van der Waals surface area contributed by atoms with E-state index in [0.29, 0.717) is 17.2 Å². The molecule has 0 spiro atoms. The second-order valence-electron chi connectivity index (χ2n) is 7.64. The molecule has 5 rings (SSSR count). The van der Waals surface area contributed by atoms with E-state index in [1.807, 2.05) is 0 Å². The summed E-state index contributed by atoms with van der Waals surface area (Å²) in [6, 6.07) is 6.47. The number of fused-ring (bicyclic) bond motifs is 1. The van der Waals surface area contributed by atoms with Crippen molar-refractivity contribution in [2.75, 3.05) is 18.4 Å². The molecule has 1 saturated heterocycles. The normalized spacial score (nSPS) is 15.2. The van der Waals surface area contributed by atoms with E-state index >= 15 is 0 Å². The third-order valence-electron chi connectivity index (χ3n) is 5.28. The van der Waals surface area contributed by atoms with E-state index in [1.54, 1.807) is 27.8 Å². The van der Waals surface area contributed by atoms with Gasteiger partial charge in [-0.15, -0.1) is 5.10 Å². The number of nitrogens with one attached hydrogen (secondary N) is 2. The number of alkyl halides is 3. The zero-order chi connectivity index (χ0) is 24.5. The van der Waals surface area contributed by atoms with Gasteiger partial charge in [0.1, 0.15) is 5.82 Å². The molecule has 1 aromatic carbocycles. The Kier molecular flexibility index (Phi) is 6.32. The highest BCUT2D eigenvalue weighted by Crippen LogP contribution is 2.28. The highest BCUT2D eigenvalue weighted by atomic mass is 19.4. The summed E-state index contributed by atoms with van der Waals surface area (Å²) in [7, 11) is 0. The van der Waals surface area contributed by atoms with Gasteiger partial charge in [-0.05, 0) is 37.5 Å². The number of aromatic nitrogens is 5. The second-order valence-corrected chi connectivity index (χ2v) is 7.64. The van der Waals surface area contributed by atoms with E-state index in [0.717, 1.165) is 43.6 Å². The molecule has 1 aliphatic heterocycles. The zero-order valence-corrected chi connectivity index (χ0v) is 17.5. The molecule has 10 nitrogen and oxygen atoms in total. The fourth-order valence-electron chi connectivity index (χ4n) is 3.56. The maximum Gasteiger partial charge on any atom is 0.490 e. The SMILES string of the molecule is O=C(Nc1cnn(C2CNC2)n1)c1nn(-c2cccc(F)c2)c2c1CCC2.O=C(O)C(F)(F)F. The summed E-state index contributed by atoms with van der Waals surface area (Å²) in [5.74, 6) is -3.00. The van der Waals surface area contributed by atoms with Crippen LogP contribution < -0.4 is 10.6 Å². The van der Waals surface area contributed by atoms with Crippen molar-refractivity contribution < 1.29 is 32.3 Å². The van der Waals surface area contributed by atoms with Crippen LogP contribution in [-0.2, 0) is 17.6 Å². The predicted molar refractivity (Wildman–Crippen MR) is 109 cm³/mol. The smallest absolute Gasteiger partial charge is 0.475 e. The van der Waals surface area contributed by atoms with Gasteiger partial charge in [-0.3, -0.25) is 4.79 Å². The molecule has 0 atom stereocenters. The van der Waals surface area contributed by atoms with Crippen molar-refractivity contribution >= 4 is 17.7 Å². The van der Waals surface area contributed by atoms with Crippen LogP contribution in [-0.4, -0.2) is 61.0 Å². The number of nitrogens with zero attached hydrogens (tertiary/aromatic N) is 5. The van der Waals surface area contributed by atoms with Gasteiger partial charge in [0, 0.05) is 24.3 Å². The number of carboxylic acid groups (broad SMARTS) is 1. The number of carbonyl (C=O) groups is 2. The first-order chi connectivity index (χ1) is 16.1. The van der Waals surface area contributed by atoms with E-state index < -0.39 is 12.1 Å². The summed E-state index contributed by atoms with van der Waals surface area (Å²) >= 11 is 0. The molecule has 14 heteroatoms. The lowest BCUT2D eigenvalue weighted by molar-refractivity contribution is -0.192. The number of hydrogen-bond donors (Lipinski definition) is 3. The summed E-state index contributed by atoms with van der Waals surface area (Å²) in [5, 5.41) is 26.1. The van der Waals surface area contributed by atoms with Crippen LogP contribution in [0, 0.1) is 5.82 Å². The molecule has 1 fully saturated rings. The minimum atomic E-state index is -5.08.